The van der Waals surface area contributed by atoms with Gasteiger partial charge in [-0.2, -0.15) is 0 Å². The van der Waals surface area contributed by atoms with Gasteiger partial charge >= 0.3 is 12.0 Å². The molecule has 3 N–H and O–H groups in total. The van der Waals surface area contributed by atoms with Crippen LogP contribution in [0.1, 0.15) is 51.9 Å². The number of amides is 4. The standard InChI is InChI=1S/C32H36FN5O6S/c1-20-19-38(32(43)36-11-13-44-14-12-36)21(2)18-37(20)27-10-7-23(16-25(27)34-30(41)22-5-8-24(33)9-6-22)31(42)35-26(17-29(39)40)28-4-3-15-45-28/h3-10,15-16,20-21,26H,11-14,17-19H2,1-2H3,(H,34,41)(H,35,42)(H,39,40). The van der Waals surface area contributed by atoms with Gasteiger partial charge < -0.3 is 35.2 Å². The zero-order valence-corrected chi connectivity index (χ0v) is 25.9. The molecular weight excluding hydrogens is 601 g/mol. The van der Waals surface area contributed by atoms with E-state index in [0.717, 1.165) is 0 Å². The second-order valence-electron chi connectivity index (χ2n) is 11.2. The zero-order valence-electron chi connectivity index (χ0n) is 25.1. The molecule has 2 aliphatic heterocycles. The molecule has 2 fully saturated rings. The number of benzene rings is 2. The molecule has 13 heteroatoms. The molecule has 4 amide bonds. The van der Waals surface area contributed by atoms with Crippen molar-refractivity contribution in [1.82, 2.24) is 15.1 Å². The summed E-state index contributed by atoms with van der Waals surface area (Å²) in [4.78, 5) is 58.0. The summed E-state index contributed by atoms with van der Waals surface area (Å²) < 4.78 is 18.9. The second-order valence-corrected chi connectivity index (χ2v) is 12.2. The largest absolute Gasteiger partial charge is 0.481 e. The minimum atomic E-state index is -1.05. The van der Waals surface area contributed by atoms with Crippen molar-refractivity contribution >= 4 is 46.5 Å². The molecule has 0 saturated carbocycles. The zero-order chi connectivity index (χ0) is 32.1. The van der Waals surface area contributed by atoms with Gasteiger partial charge in [-0.3, -0.25) is 14.4 Å². The molecule has 11 nitrogen and oxygen atoms in total. The fourth-order valence-electron chi connectivity index (χ4n) is 5.62. The number of thiophene rings is 1. The van der Waals surface area contributed by atoms with Crippen molar-refractivity contribution in [3.8, 4) is 0 Å². The number of nitrogens with one attached hydrogen (secondary N) is 2. The summed E-state index contributed by atoms with van der Waals surface area (Å²) >= 11 is 1.35. The maximum Gasteiger partial charge on any atom is 0.320 e. The first-order valence-electron chi connectivity index (χ1n) is 14.8. The molecule has 3 atom stereocenters. The fourth-order valence-corrected chi connectivity index (χ4v) is 6.40. The Labute approximate surface area is 264 Å². The van der Waals surface area contributed by atoms with Crippen LogP contribution < -0.4 is 15.5 Å². The highest BCUT2D eigenvalue weighted by molar-refractivity contribution is 7.10. The van der Waals surface area contributed by atoms with Crippen molar-refractivity contribution in [2.45, 2.75) is 38.4 Å². The molecule has 2 saturated heterocycles. The average Bonchev–Trinajstić information content (AvgIpc) is 3.57. The summed E-state index contributed by atoms with van der Waals surface area (Å²) in [6, 6.07) is 12.6. The number of carbonyl (C=O) groups excluding carboxylic acids is 3. The van der Waals surface area contributed by atoms with Crippen molar-refractivity contribution in [1.29, 1.82) is 0 Å². The third kappa shape index (κ3) is 7.60. The van der Waals surface area contributed by atoms with E-state index in [0.29, 0.717) is 55.6 Å². The van der Waals surface area contributed by atoms with Crippen LogP contribution in [-0.2, 0) is 9.53 Å². The fraction of sp³-hybridized carbons (Fsp3) is 0.375. The number of ether oxygens (including phenoxy) is 1. The van der Waals surface area contributed by atoms with E-state index in [1.54, 1.807) is 35.2 Å². The van der Waals surface area contributed by atoms with E-state index in [1.165, 1.54) is 35.6 Å². The topological polar surface area (TPSA) is 132 Å². The molecule has 5 rings (SSSR count). The molecule has 0 radical (unpaired) electrons. The first kappa shape index (κ1) is 31.9. The Morgan fingerprint density at radius 2 is 1.69 bits per heavy atom. The molecule has 2 aromatic carbocycles. The lowest BCUT2D eigenvalue weighted by Gasteiger charge is -2.47. The third-order valence-corrected chi connectivity index (χ3v) is 8.99. The number of hydrogen-bond acceptors (Lipinski definition) is 7. The molecule has 0 aliphatic carbocycles. The van der Waals surface area contributed by atoms with Crippen LogP contribution in [0.3, 0.4) is 0 Å². The summed E-state index contributed by atoms with van der Waals surface area (Å²) in [5.41, 5.74) is 1.47. The maximum atomic E-state index is 13.5. The smallest absolute Gasteiger partial charge is 0.320 e. The predicted molar refractivity (Wildman–Crippen MR) is 168 cm³/mol. The van der Waals surface area contributed by atoms with Crippen LogP contribution in [0.25, 0.3) is 0 Å². The number of piperazine rings is 1. The Bertz CT molecular complexity index is 1530. The van der Waals surface area contributed by atoms with Gasteiger partial charge in [0.05, 0.1) is 37.1 Å². The number of anilines is 2. The van der Waals surface area contributed by atoms with E-state index >= 15 is 0 Å². The number of halogens is 1. The van der Waals surface area contributed by atoms with Crippen molar-refractivity contribution in [3.05, 3.63) is 81.8 Å². The molecule has 238 valence electrons. The Balaban J connectivity index is 1.42. The molecule has 1 aromatic heterocycles. The molecule has 0 spiro atoms. The monoisotopic (exact) mass is 637 g/mol. The van der Waals surface area contributed by atoms with E-state index in [1.807, 2.05) is 24.1 Å². The van der Waals surface area contributed by atoms with Gasteiger partial charge in [-0.15, -0.1) is 11.3 Å². The minimum absolute atomic E-state index is 0.0317. The lowest BCUT2D eigenvalue weighted by molar-refractivity contribution is -0.137. The summed E-state index contributed by atoms with van der Waals surface area (Å²) in [7, 11) is 0. The van der Waals surface area contributed by atoms with Gasteiger partial charge in [0.15, 0.2) is 0 Å². The molecule has 0 bridgehead atoms. The number of carboxylic acid groups (broad SMARTS) is 1. The molecular formula is C32H36FN5O6S. The summed E-state index contributed by atoms with van der Waals surface area (Å²) in [5.74, 6) is -2.51. The van der Waals surface area contributed by atoms with Crippen LogP contribution in [0.2, 0.25) is 0 Å². The Kier molecular flexibility index (Phi) is 9.99. The van der Waals surface area contributed by atoms with Gasteiger partial charge in [0.1, 0.15) is 5.82 Å². The molecule has 3 unspecified atom stereocenters. The van der Waals surface area contributed by atoms with Gasteiger partial charge in [0.2, 0.25) is 0 Å². The lowest BCUT2D eigenvalue weighted by Crippen LogP contribution is -2.61. The third-order valence-electron chi connectivity index (χ3n) is 8.01. The second kappa shape index (κ2) is 14.1. The minimum Gasteiger partial charge on any atom is -0.481 e. The average molecular weight is 638 g/mol. The SMILES string of the molecule is CC1CN(c2ccc(C(=O)NC(CC(=O)O)c3cccs3)cc2NC(=O)c2ccc(F)cc2)C(C)CN1C(=O)N1CCOCC1. The summed E-state index contributed by atoms with van der Waals surface area (Å²) in [6.07, 6.45) is -0.290. The van der Waals surface area contributed by atoms with Crippen LogP contribution in [0.4, 0.5) is 20.6 Å². The molecule has 2 aliphatic rings. The Morgan fingerprint density at radius 3 is 2.36 bits per heavy atom. The highest BCUT2D eigenvalue weighted by Crippen LogP contribution is 2.33. The van der Waals surface area contributed by atoms with Crippen LogP contribution in [-0.4, -0.2) is 90.2 Å². The van der Waals surface area contributed by atoms with Gasteiger partial charge in [-0.05, 0) is 67.8 Å². The summed E-state index contributed by atoms with van der Waals surface area (Å²) in [5, 5.41) is 17.0. The number of carboxylic acids is 1. The van der Waals surface area contributed by atoms with Crippen molar-refractivity contribution in [2.75, 3.05) is 49.6 Å². The van der Waals surface area contributed by atoms with E-state index in [4.69, 9.17) is 4.74 Å². The van der Waals surface area contributed by atoms with Crippen LogP contribution >= 0.6 is 11.3 Å². The number of urea groups is 1. The van der Waals surface area contributed by atoms with Crippen LogP contribution in [0.15, 0.2) is 60.0 Å². The number of rotatable bonds is 8. The molecule has 45 heavy (non-hydrogen) atoms. The number of hydrogen-bond donors (Lipinski definition) is 3. The van der Waals surface area contributed by atoms with E-state index in [-0.39, 0.29) is 35.7 Å². The van der Waals surface area contributed by atoms with Crippen molar-refractivity contribution < 1.29 is 33.4 Å². The Hall–Kier alpha value is -4.49. The number of carbonyl (C=O) groups is 4. The normalized spacial score (nSPS) is 19.1. The van der Waals surface area contributed by atoms with Gasteiger partial charge in [-0.1, -0.05) is 6.07 Å². The number of morpholine rings is 1. The highest BCUT2D eigenvalue weighted by atomic mass is 32.1. The van der Waals surface area contributed by atoms with Crippen LogP contribution in [0.5, 0.6) is 0 Å². The summed E-state index contributed by atoms with van der Waals surface area (Å²) in [6.45, 7) is 7.00. The first-order chi connectivity index (χ1) is 21.6. The highest BCUT2D eigenvalue weighted by Gasteiger charge is 2.36. The Morgan fingerprint density at radius 1 is 0.978 bits per heavy atom. The molecule has 3 aromatic rings. The van der Waals surface area contributed by atoms with Crippen molar-refractivity contribution in [3.63, 3.8) is 0 Å². The molecule has 3 heterocycles. The number of nitrogens with zero attached hydrogens (tertiary/aromatic N) is 3. The predicted octanol–water partition coefficient (Wildman–Crippen LogP) is 4.44. The van der Waals surface area contributed by atoms with Gasteiger partial charge in [-0.25, -0.2) is 9.18 Å². The maximum absolute atomic E-state index is 13.5. The lowest BCUT2D eigenvalue weighted by atomic mass is 10.0. The number of aliphatic carboxylic acids is 1. The van der Waals surface area contributed by atoms with Gasteiger partial charge in [0, 0.05) is 54.3 Å². The van der Waals surface area contributed by atoms with E-state index < -0.39 is 29.6 Å². The van der Waals surface area contributed by atoms with Crippen molar-refractivity contribution in [2.24, 2.45) is 0 Å². The van der Waals surface area contributed by atoms with Gasteiger partial charge in [0.25, 0.3) is 11.8 Å². The van der Waals surface area contributed by atoms with Crippen LogP contribution in [0, 0.1) is 5.82 Å². The van der Waals surface area contributed by atoms with E-state index in [9.17, 15) is 28.7 Å². The quantitative estimate of drug-likeness (QED) is 0.333. The first-order valence-corrected chi connectivity index (χ1v) is 15.7. The van der Waals surface area contributed by atoms with E-state index in [2.05, 4.69) is 15.5 Å².